The van der Waals surface area contributed by atoms with E-state index < -0.39 is 0 Å². The van der Waals surface area contributed by atoms with Gasteiger partial charge in [0.25, 0.3) is 0 Å². The first-order valence-electron chi connectivity index (χ1n) is 4.48. The van der Waals surface area contributed by atoms with Crippen molar-refractivity contribution in [1.82, 2.24) is 9.97 Å². The molecule has 1 heterocycles. The Hall–Kier alpha value is -1.55. The summed E-state index contributed by atoms with van der Waals surface area (Å²) in [5.74, 6) is 0.797. The van der Waals surface area contributed by atoms with E-state index in [2.05, 4.69) is 16.3 Å². The number of fused-ring (bicyclic) bond motifs is 1. The van der Waals surface area contributed by atoms with E-state index >= 15 is 0 Å². The molecule has 2 aromatic rings. The Morgan fingerprint density at radius 2 is 2.43 bits per heavy atom. The Labute approximate surface area is 82.1 Å². The van der Waals surface area contributed by atoms with E-state index in [1.807, 2.05) is 12.1 Å². The van der Waals surface area contributed by atoms with Crippen LogP contribution in [0.2, 0.25) is 0 Å². The monoisotopic (exact) mass is 190 g/mol. The van der Waals surface area contributed by atoms with Gasteiger partial charge in [0.15, 0.2) is 6.33 Å². The van der Waals surface area contributed by atoms with Crippen LogP contribution in [-0.4, -0.2) is 23.6 Å². The van der Waals surface area contributed by atoms with Gasteiger partial charge in [-0.2, -0.15) is 0 Å². The third-order valence-corrected chi connectivity index (χ3v) is 2.19. The molecule has 0 spiro atoms. The molecule has 1 aromatic heterocycles. The van der Waals surface area contributed by atoms with Crippen molar-refractivity contribution in [3.63, 3.8) is 0 Å². The zero-order valence-electron chi connectivity index (χ0n) is 8.00. The van der Waals surface area contributed by atoms with Gasteiger partial charge in [0, 0.05) is 0 Å². The average molecular weight is 190 g/mol. The van der Waals surface area contributed by atoms with Crippen molar-refractivity contribution in [1.29, 1.82) is 0 Å². The van der Waals surface area contributed by atoms with Gasteiger partial charge in [-0.3, -0.25) is 0 Å². The normalized spacial score (nSPS) is 10.7. The summed E-state index contributed by atoms with van der Waals surface area (Å²) in [6.45, 7) is 0.607. The maximum Gasteiger partial charge on any atom is 0.174 e. The second kappa shape index (κ2) is 3.67. The number of benzene rings is 1. The molecule has 0 aliphatic heterocycles. The summed E-state index contributed by atoms with van der Waals surface area (Å²) in [6.07, 6.45) is 3.49. The van der Waals surface area contributed by atoms with E-state index in [1.54, 1.807) is 7.11 Å². The number of H-pyrrole nitrogens is 1. The standard InChI is InChI=1S/C10H12N3O/c1-14-10-7(4-5-11)2-3-8-9(10)13-6-12-8/h2-3H,4-5,11H2,1H3,(H,12,13). The number of hydrogen-bond acceptors (Lipinski definition) is 3. The summed E-state index contributed by atoms with van der Waals surface area (Å²) < 4.78 is 5.31. The van der Waals surface area contributed by atoms with Gasteiger partial charge in [-0.25, -0.2) is 4.98 Å². The maximum absolute atomic E-state index is 5.51. The molecule has 2 rings (SSSR count). The zero-order chi connectivity index (χ0) is 9.97. The molecule has 1 radical (unpaired) electrons. The van der Waals surface area contributed by atoms with Gasteiger partial charge in [-0.05, 0) is 24.6 Å². The van der Waals surface area contributed by atoms with Crippen molar-refractivity contribution in [2.45, 2.75) is 6.42 Å². The summed E-state index contributed by atoms with van der Waals surface area (Å²) in [7, 11) is 1.64. The molecule has 0 saturated carbocycles. The van der Waals surface area contributed by atoms with Crippen molar-refractivity contribution in [3.8, 4) is 5.75 Å². The van der Waals surface area contributed by atoms with Crippen molar-refractivity contribution < 1.29 is 4.74 Å². The molecule has 3 N–H and O–H groups in total. The quantitative estimate of drug-likeness (QED) is 0.755. The fourth-order valence-electron chi connectivity index (χ4n) is 1.55. The number of imidazole rings is 1. The van der Waals surface area contributed by atoms with E-state index in [0.29, 0.717) is 6.54 Å². The molecule has 0 atom stereocenters. The lowest BCUT2D eigenvalue weighted by molar-refractivity contribution is 0.414. The first-order chi connectivity index (χ1) is 6.86. The Kier molecular flexibility index (Phi) is 2.37. The van der Waals surface area contributed by atoms with Crippen LogP contribution >= 0.6 is 0 Å². The van der Waals surface area contributed by atoms with Crippen molar-refractivity contribution in [3.05, 3.63) is 24.0 Å². The number of aromatic nitrogens is 2. The molecule has 1 aromatic carbocycles. The highest BCUT2D eigenvalue weighted by atomic mass is 16.5. The highest BCUT2D eigenvalue weighted by Gasteiger charge is 2.09. The number of aromatic amines is 1. The van der Waals surface area contributed by atoms with E-state index in [4.69, 9.17) is 10.5 Å². The lowest BCUT2D eigenvalue weighted by atomic mass is 10.1. The van der Waals surface area contributed by atoms with Gasteiger partial charge < -0.3 is 15.5 Å². The highest BCUT2D eigenvalue weighted by Crippen LogP contribution is 2.27. The van der Waals surface area contributed by atoms with Crippen LogP contribution in [0.4, 0.5) is 0 Å². The Morgan fingerprint density at radius 3 is 3.14 bits per heavy atom. The number of nitrogens with zero attached hydrogens (tertiary/aromatic N) is 1. The number of nitrogens with two attached hydrogens (primary N) is 1. The Balaban J connectivity index is 2.60. The topological polar surface area (TPSA) is 63.9 Å². The summed E-state index contributed by atoms with van der Waals surface area (Å²) in [4.78, 5) is 7.00. The molecular weight excluding hydrogens is 178 g/mol. The maximum atomic E-state index is 5.51. The predicted molar refractivity (Wildman–Crippen MR) is 54.2 cm³/mol. The molecule has 0 saturated heterocycles. The van der Waals surface area contributed by atoms with E-state index in [9.17, 15) is 0 Å². The van der Waals surface area contributed by atoms with E-state index in [1.165, 1.54) is 0 Å². The fourth-order valence-corrected chi connectivity index (χ4v) is 1.55. The van der Waals surface area contributed by atoms with Crippen LogP contribution in [0.5, 0.6) is 5.75 Å². The lowest BCUT2D eigenvalue weighted by Gasteiger charge is -2.07. The minimum absolute atomic E-state index is 0.607. The van der Waals surface area contributed by atoms with Crippen molar-refractivity contribution >= 4 is 11.0 Å². The van der Waals surface area contributed by atoms with Crippen LogP contribution in [0.25, 0.3) is 11.0 Å². The third-order valence-electron chi connectivity index (χ3n) is 2.19. The number of ether oxygens (including phenoxy) is 1. The molecule has 14 heavy (non-hydrogen) atoms. The van der Waals surface area contributed by atoms with Crippen LogP contribution < -0.4 is 10.5 Å². The van der Waals surface area contributed by atoms with Crippen LogP contribution in [-0.2, 0) is 6.42 Å². The number of hydrogen-bond donors (Lipinski definition) is 2. The van der Waals surface area contributed by atoms with Crippen LogP contribution in [0.15, 0.2) is 12.1 Å². The minimum atomic E-state index is 0.607. The molecule has 73 valence electrons. The number of methoxy groups -OCH3 is 1. The zero-order valence-corrected chi connectivity index (χ0v) is 8.00. The molecule has 0 fully saturated rings. The smallest absolute Gasteiger partial charge is 0.174 e. The summed E-state index contributed by atoms with van der Waals surface area (Å²) in [5.41, 5.74) is 8.35. The van der Waals surface area contributed by atoms with Crippen LogP contribution in [0.1, 0.15) is 5.56 Å². The van der Waals surface area contributed by atoms with Gasteiger partial charge in [0.2, 0.25) is 0 Å². The SMILES string of the molecule is COc1c(CCN)ccc2[nH][c]nc12. The van der Waals surface area contributed by atoms with Gasteiger partial charge >= 0.3 is 0 Å². The first kappa shape index (κ1) is 9.02. The molecule has 0 unspecified atom stereocenters. The Morgan fingerprint density at radius 1 is 1.57 bits per heavy atom. The first-order valence-corrected chi connectivity index (χ1v) is 4.48. The molecular formula is C10H12N3O. The molecule has 0 amide bonds. The van der Waals surface area contributed by atoms with E-state index in [0.717, 1.165) is 28.8 Å². The van der Waals surface area contributed by atoms with Crippen LogP contribution in [0.3, 0.4) is 0 Å². The Bertz CT molecular complexity index is 436. The lowest BCUT2D eigenvalue weighted by Crippen LogP contribution is -2.04. The van der Waals surface area contributed by atoms with Crippen molar-refractivity contribution in [2.24, 2.45) is 5.73 Å². The summed E-state index contributed by atoms with van der Waals surface area (Å²) >= 11 is 0. The molecule has 0 bridgehead atoms. The van der Waals surface area contributed by atoms with Gasteiger partial charge in [0.1, 0.15) is 11.3 Å². The van der Waals surface area contributed by atoms with Gasteiger partial charge in [-0.1, -0.05) is 6.07 Å². The second-order valence-electron chi connectivity index (χ2n) is 3.04. The van der Waals surface area contributed by atoms with E-state index in [-0.39, 0.29) is 0 Å². The fraction of sp³-hybridized carbons (Fsp3) is 0.300. The number of rotatable bonds is 3. The van der Waals surface area contributed by atoms with Crippen molar-refractivity contribution in [2.75, 3.05) is 13.7 Å². The molecule has 0 aliphatic carbocycles. The number of nitrogens with one attached hydrogen (secondary N) is 1. The highest BCUT2D eigenvalue weighted by molar-refractivity contribution is 5.82. The minimum Gasteiger partial charge on any atom is -0.494 e. The summed E-state index contributed by atoms with van der Waals surface area (Å²) in [5, 5.41) is 0. The molecule has 4 heteroatoms. The molecule has 0 aliphatic rings. The van der Waals surface area contributed by atoms with Gasteiger partial charge in [0.05, 0.1) is 12.6 Å². The summed E-state index contributed by atoms with van der Waals surface area (Å²) in [6, 6.07) is 3.96. The largest absolute Gasteiger partial charge is 0.494 e. The second-order valence-corrected chi connectivity index (χ2v) is 3.04. The third kappa shape index (κ3) is 1.33. The molecule has 4 nitrogen and oxygen atoms in total. The average Bonchev–Trinajstić information content (AvgIpc) is 2.66. The predicted octanol–water partition coefficient (Wildman–Crippen LogP) is 0.873. The van der Waals surface area contributed by atoms with Gasteiger partial charge in [-0.15, -0.1) is 0 Å². The van der Waals surface area contributed by atoms with Crippen LogP contribution in [0, 0.1) is 6.33 Å².